The molecule has 18 heavy (non-hydrogen) atoms. The summed E-state index contributed by atoms with van der Waals surface area (Å²) >= 11 is 1.34. The van der Waals surface area contributed by atoms with Crippen molar-refractivity contribution in [2.24, 2.45) is 5.73 Å². The highest BCUT2D eigenvalue weighted by Gasteiger charge is 2.27. The summed E-state index contributed by atoms with van der Waals surface area (Å²) in [5.74, 6) is 0.893. The molecular formula is C13H23N3OS. The van der Waals surface area contributed by atoms with Gasteiger partial charge in [0.05, 0.1) is 5.54 Å². The van der Waals surface area contributed by atoms with Crippen LogP contribution in [0.15, 0.2) is 0 Å². The summed E-state index contributed by atoms with van der Waals surface area (Å²) in [7, 11) is 0. The van der Waals surface area contributed by atoms with Gasteiger partial charge in [0.15, 0.2) is 0 Å². The minimum absolute atomic E-state index is 0.160. The smallest absolute Gasteiger partial charge is 0.293 e. The van der Waals surface area contributed by atoms with Gasteiger partial charge >= 0.3 is 0 Å². The molecule has 0 unspecified atom stereocenters. The standard InChI is InChI=1S/C13H23N3OS/c1-2-7-11-15-12(18-16-11)17-10-13(14)8-5-3-4-6-9-13/h2-10,14H2,1H3. The second-order valence-electron chi connectivity index (χ2n) is 5.29. The van der Waals surface area contributed by atoms with E-state index < -0.39 is 0 Å². The van der Waals surface area contributed by atoms with Gasteiger partial charge < -0.3 is 10.5 Å². The van der Waals surface area contributed by atoms with Gasteiger partial charge in [0.2, 0.25) is 0 Å². The lowest BCUT2D eigenvalue weighted by Gasteiger charge is -2.26. The summed E-state index contributed by atoms with van der Waals surface area (Å²) in [4.78, 5) is 4.37. The Labute approximate surface area is 113 Å². The van der Waals surface area contributed by atoms with Crippen LogP contribution < -0.4 is 10.5 Å². The van der Waals surface area contributed by atoms with Crippen LogP contribution in [0.1, 0.15) is 57.7 Å². The molecule has 1 heterocycles. The molecule has 1 aromatic rings. The van der Waals surface area contributed by atoms with Gasteiger partial charge in [-0.3, -0.25) is 0 Å². The maximum Gasteiger partial charge on any atom is 0.293 e. The van der Waals surface area contributed by atoms with Crippen molar-refractivity contribution in [2.45, 2.75) is 63.8 Å². The summed E-state index contributed by atoms with van der Waals surface area (Å²) in [5.41, 5.74) is 6.24. The van der Waals surface area contributed by atoms with Gasteiger partial charge in [-0.25, -0.2) is 0 Å². The first-order chi connectivity index (χ1) is 8.72. The molecule has 0 saturated heterocycles. The van der Waals surface area contributed by atoms with Crippen LogP contribution in [0.3, 0.4) is 0 Å². The largest absolute Gasteiger partial charge is 0.467 e. The summed E-state index contributed by atoms with van der Waals surface area (Å²) in [6, 6.07) is 0. The topological polar surface area (TPSA) is 61.0 Å². The van der Waals surface area contributed by atoms with E-state index in [4.69, 9.17) is 10.5 Å². The Morgan fingerprint density at radius 3 is 2.67 bits per heavy atom. The van der Waals surface area contributed by atoms with E-state index in [1.165, 1.54) is 37.2 Å². The second-order valence-corrected chi connectivity index (χ2v) is 6.01. The molecule has 1 aromatic heterocycles. The van der Waals surface area contributed by atoms with Gasteiger partial charge in [-0.2, -0.15) is 9.36 Å². The van der Waals surface area contributed by atoms with Gasteiger partial charge in [-0.15, -0.1) is 0 Å². The van der Waals surface area contributed by atoms with Crippen LogP contribution in [-0.4, -0.2) is 21.5 Å². The zero-order valence-electron chi connectivity index (χ0n) is 11.2. The van der Waals surface area contributed by atoms with E-state index >= 15 is 0 Å². The molecule has 2 N–H and O–H groups in total. The maximum absolute atomic E-state index is 6.40. The number of aryl methyl sites for hydroxylation is 1. The number of nitrogens with zero attached hydrogens (tertiary/aromatic N) is 2. The third-order valence-corrected chi connectivity index (χ3v) is 4.17. The molecule has 1 aliphatic rings. The average Bonchev–Trinajstić information content (AvgIpc) is 2.69. The van der Waals surface area contributed by atoms with Crippen molar-refractivity contribution in [3.05, 3.63) is 5.82 Å². The molecular weight excluding hydrogens is 246 g/mol. The molecule has 0 bridgehead atoms. The molecule has 0 aliphatic heterocycles. The Kier molecular flexibility index (Phi) is 4.95. The number of nitrogens with two attached hydrogens (primary N) is 1. The SMILES string of the molecule is CCCc1nsc(OCC2(N)CCCCCC2)n1. The van der Waals surface area contributed by atoms with Gasteiger partial charge in [0.1, 0.15) is 12.4 Å². The summed E-state index contributed by atoms with van der Waals surface area (Å²) in [6.45, 7) is 2.70. The van der Waals surface area contributed by atoms with E-state index in [9.17, 15) is 0 Å². The molecule has 2 rings (SSSR count). The Morgan fingerprint density at radius 2 is 2.00 bits per heavy atom. The minimum Gasteiger partial charge on any atom is -0.467 e. The zero-order chi connectivity index (χ0) is 12.8. The first-order valence-corrected chi connectivity index (χ1v) is 7.73. The number of hydrogen-bond donors (Lipinski definition) is 1. The monoisotopic (exact) mass is 269 g/mol. The predicted octanol–water partition coefficient (Wildman–Crippen LogP) is 2.92. The summed E-state index contributed by atoms with van der Waals surface area (Å²) in [6.07, 6.45) is 9.16. The average molecular weight is 269 g/mol. The first-order valence-electron chi connectivity index (χ1n) is 6.96. The molecule has 4 nitrogen and oxygen atoms in total. The molecule has 0 atom stereocenters. The lowest BCUT2D eigenvalue weighted by Crippen LogP contribution is -2.45. The van der Waals surface area contributed by atoms with Crippen LogP contribution in [0.5, 0.6) is 5.19 Å². The molecule has 0 spiro atoms. The third kappa shape index (κ3) is 3.92. The number of ether oxygens (including phenoxy) is 1. The Bertz CT molecular complexity index is 359. The zero-order valence-corrected chi connectivity index (χ0v) is 12.0. The van der Waals surface area contributed by atoms with Crippen molar-refractivity contribution >= 4 is 11.5 Å². The molecule has 5 heteroatoms. The quantitative estimate of drug-likeness (QED) is 0.835. The number of aromatic nitrogens is 2. The van der Waals surface area contributed by atoms with E-state index in [0.29, 0.717) is 11.8 Å². The fourth-order valence-electron chi connectivity index (χ4n) is 2.40. The van der Waals surface area contributed by atoms with Crippen LogP contribution in [0.25, 0.3) is 0 Å². The highest BCUT2D eigenvalue weighted by Crippen LogP contribution is 2.26. The summed E-state index contributed by atoms with van der Waals surface area (Å²) in [5, 5.41) is 0.674. The minimum atomic E-state index is -0.160. The van der Waals surface area contributed by atoms with Crippen molar-refractivity contribution < 1.29 is 4.74 Å². The molecule has 1 fully saturated rings. The van der Waals surface area contributed by atoms with Crippen LogP contribution in [-0.2, 0) is 6.42 Å². The number of hydrogen-bond acceptors (Lipinski definition) is 5. The van der Waals surface area contributed by atoms with Crippen molar-refractivity contribution in [3.63, 3.8) is 0 Å². The lowest BCUT2D eigenvalue weighted by atomic mass is 9.93. The van der Waals surface area contributed by atoms with E-state index in [1.807, 2.05) is 0 Å². The van der Waals surface area contributed by atoms with Crippen LogP contribution in [0.4, 0.5) is 0 Å². The van der Waals surface area contributed by atoms with E-state index in [0.717, 1.165) is 31.5 Å². The van der Waals surface area contributed by atoms with Gasteiger partial charge in [-0.1, -0.05) is 32.6 Å². The van der Waals surface area contributed by atoms with Crippen molar-refractivity contribution in [1.29, 1.82) is 0 Å². The second kappa shape index (κ2) is 6.48. The Hall–Kier alpha value is -0.680. The first kappa shape index (κ1) is 13.7. The van der Waals surface area contributed by atoms with Crippen molar-refractivity contribution in [1.82, 2.24) is 9.36 Å². The molecule has 1 saturated carbocycles. The number of rotatable bonds is 5. The lowest BCUT2D eigenvalue weighted by molar-refractivity contribution is 0.198. The van der Waals surface area contributed by atoms with Crippen LogP contribution in [0, 0.1) is 0 Å². The fraction of sp³-hybridized carbons (Fsp3) is 0.846. The molecule has 102 valence electrons. The van der Waals surface area contributed by atoms with Crippen molar-refractivity contribution in [3.8, 4) is 5.19 Å². The maximum atomic E-state index is 6.40. The Balaban J connectivity index is 1.85. The molecule has 1 aliphatic carbocycles. The third-order valence-electron chi connectivity index (χ3n) is 3.51. The van der Waals surface area contributed by atoms with E-state index in [2.05, 4.69) is 16.3 Å². The van der Waals surface area contributed by atoms with E-state index in [-0.39, 0.29) is 5.54 Å². The predicted molar refractivity (Wildman–Crippen MR) is 74.0 cm³/mol. The normalized spacial score (nSPS) is 19.4. The van der Waals surface area contributed by atoms with Crippen LogP contribution >= 0.6 is 11.5 Å². The highest BCUT2D eigenvalue weighted by atomic mass is 32.1. The fourth-order valence-corrected chi connectivity index (χ4v) is 2.98. The van der Waals surface area contributed by atoms with Gasteiger partial charge in [0, 0.05) is 18.0 Å². The summed E-state index contributed by atoms with van der Waals surface area (Å²) < 4.78 is 10.0. The molecule has 0 aromatic carbocycles. The van der Waals surface area contributed by atoms with Crippen LogP contribution in [0.2, 0.25) is 0 Å². The van der Waals surface area contributed by atoms with Gasteiger partial charge in [0.25, 0.3) is 5.19 Å². The van der Waals surface area contributed by atoms with E-state index in [1.54, 1.807) is 0 Å². The Morgan fingerprint density at radius 1 is 1.28 bits per heavy atom. The molecule has 0 amide bonds. The highest BCUT2D eigenvalue weighted by molar-refractivity contribution is 7.07. The van der Waals surface area contributed by atoms with Gasteiger partial charge in [-0.05, 0) is 19.3 Å². The molecule has 0 radical (unpaired) electrons. The van der Waals surface area contributed by atoms with Crippen molar-refractivity contribution in [2.75, 3.05) is 6.61 Å².